The first-order chi connectivity index (χ1) is 9.08. The van der Waals surface area contributed by atoms with Crippen LogP contribution in [0.1, 0.15) is 29.7 Å². The largest absolute Gasteiger partial charge is 0.468 e. The fraction of sp³-hybridized carbons (Fsp3) is 0.533. The molecule has 0 bridgehead atoms. The maximum Gasteiger partial charge on any atom is 0.315 e. The summed E-state index contributed by atoms with van der Waals surface area (Å²) in [5, 5.41) is 3.49. The highest BCUT2D eigenvalue weighted by atomic mass is 32.2. The lowest BCUT2D eigenvalue weighted by atomic mass is 10.00. The van der Waals surface area contributed by atoms with Crippen LogP contribution in [-0.2, 0) is 9.53 Å². The molecule has 0 heterocycles. The van der Waals surface area contributed by atoms with Crippen LogP contribution >= 0.6 is 11.8 Å². The molecule has 0 fully saturated rings. The molecule has 1 atom stereocenters. The van der Waals surface area contributed by atoms with Gasteiger partial charge in [0.1, 0.15) is 0 Å². The Labute approximate surface area is 120 Å². The number of methoxy groups -OCH3 is 1. The fourth-order valence-electron chi connectivity index (χ4n) is 1.96. The van der Waals surface area contributed by atoms with Crippen molar-refractivity contribution in [3.05, 3.63) is 34.9 Å². The van der Waals surface area contributed by atoms with Crippen LogP contribution in [0.3, 0.4) is 0 Å². The molecule has 0 spiro atoms. The Balaban J connectivity index is 2.70. The van der Waals surface area contributed by atoms with E-state index in [0.717, 1.165) is 12.3 Å². The molecule has 1 unspecified atom stereocenters. The Morgan fingerprint density at radius 1 is 1.42 bits per heavy atom. The lowest BCUT2D eigenvalue weighted by Gasteiger charge is -2.20. The molecule has 0 saturated carbocycles. The van der Waals surface area contributed by atoms with E-state index in [9.17, 15) is 4.79 Å². The Morgan fingerprint density at radius 2 is 2.16 bits per heavy atom. The van der Waals surface area contributed by atoms with E-state index >= 15 is 0 Å². The van der Waals surface area contributed by atoms with E-state index < -0.39 is 0 Å². The second-order valence-electron chi connectivity index (χ2n) is 4.56. The smallest absolute Gasteiger partial charge is 0.315 e. The second-order valence-corrected chi connectivity index (χ2v) is 5.59. The summed E-state index contributed by atoms with van der Waals surface area (Å²) in [5.41, 5.74) is 3.87. The number of thioether (sulfide) groups is 1. The molecule has 0 amide bonds. The molecular weight excluding hydrogens is 258 g/mol. The maximum absolute atomic E-state index is 11.1. The van der Waals surface area contributed by atoms with Gasteiger partial charge in [-0.2, -0.15) is 0 Å². The number of ether oxygens (including phenoxy) is 1. The molecule has 4 heteroatoms. The first kappa shape index (κ1) is 16.1. The fourth-order valence-corrected chi connectivity index (χ4v) is 2.89. The molecule has 106 valence electrons. The molecule has 1 N–H and O–H groups in total. The summed E-state index contributed by atoms with van der Waals surface area (Å²) in [7, 11) is 1.43. The zero-order chi connectivity index (χ0) is 14.3. The van der Waals surface area contributed by atoms with Gasteiger partial charge in [0, 0.05) is 11.8 Å². The van der Waals surface area contributed by atoms with Crippen molar-refractivity contribution >= 4 is 17.7 Å². The first-order valence-corrected chi connectivity index (χ1v) is 7.69. The number of aryl methyl sites for hydroxylation is 2. The Bertz CT molecular complexity index is 421. The summed E-state index contributed by atoms with van der Waals surface area (Å²) in [4.78, 5) is 11.1. The average molecular weight is 281 g/mol. The van der Waals surface area contributed by atoms with Crippen molar-refractivity contribution in [2.45, 2.75) is 26.8 Å². The minimum Gasteiger partial charge on any atom is -0.468 e. The van der Waals surface area contributed by atoms with Crippen LogP contribution in [-0.4, -0.2) is 31.1 Å². The van der Waals surface area contributed by atoms with Gasteiger partial charge in [-0.3, -0.25) is 4.79 Å². The van der Waals surface area contributed by atoms with E-state index in [1.165, 1.54) is 23.8 Å². The van der Waals surface area contributed by atoms with Crippen molar-refractivity contribution in [2.75, 3.05) is 25.2 Å². The van der Waals surface area contributed by atoms with E-state index in [-0.39, 0.29) is 12.0 Å². The molecule has 0 aliphatic carbocycles. The van der Waals surface area contributed by atoms with E-state index in [2.05, 4.69) is 49.0 Å². The summed E-state index contributed by atoms with van der Waals surface area (Å²) in [6.07, 6.45) is 0. The maximum atomic E-state index is 11.1. The molecule has 0 saturated heterocycles. The Morgan fingerprint density at radius 3 is 2.79 bits per heavy atom. The van der Waals surface area contributed by atoms with E-state index in [0.29, 0.717) is 5.75 Å². The summed E-state index contributed by atoms with van der Waals surface area (Å²) in [6.45, 7) is 7.25. The van der Waals surface area contributed by atoms with Crippen molar-refractivity contribution in [2.24, 2.45) is 0 Å². The van der Waals surface area contributed by atoms with Crippen LogP contribution in [0.25, 0.3) is 0 Å². The van der Waals surface area contributed by atoms with Crippen LogP contribution in [0.5, 0.6) is 0 Å². The van der Waals surface area contributed by atoms with Crippen molar-refractivity contribution in [3.63, 3.8) is 0 Å². The van der Waals surface area contributed by atoms with Crippen LogP contribution in [0.15, 0.2) is 18.2 Å². The highest BCUT2D eigenvalue weighted by molar-refractivity contribution is 7.99. The van der Waals surface area contributed by atoms with Crippen molar-refractivity contribution in [3.8, 4) is 0 Å². The molecule has 1 aromatic carbocycles. The standard InChI is InChI=1S/C15H23NO2S/c1-5-16-14(9-19-10-15(17)18-4)13-8-11(2)6-7-12(13)3/h6-8,14,16H,5,9-10H2,1-4H3. The minimum absolute atomic E-state index is 0.166. The summed E-state index contributed by atoms with van der Waals surface area (Å²) in [6, 6.07) is 6.78. The van der Waals surface area contributed by atoms with Gasteiger partial charge in [0.2, 0.25) is 0 Å². The number of rotatable bonds is 7. The number of nitrogens with one attached hydrogen (secondary N) is 1. The third kappa shape index (κ3) is 5.25. The molecule has 3 nitrogen and oxygen atoms in total. The number of benzene rings is 1. The van der Waals surface area contributed by atoms with Crippen molar-refractivity contribution in [1.82, 2.24) is 5.32 Å². The van der Waals surface area contributed by atoms with Crippen LogP contribution in [0.4, 0.5) is 0 Å². The SMILES string of the molecule is CCNC(CSCC(=O)OC)c1cc(C)ccc1C. The van der Waals surface area contributed by atoms with E-state index in [1.807, 2.05) is 0 Å². The molecule has 0 aliphatic rings. The van der Waals surface area contributed by atoms with Crippen molar-refractivity contribution in [1.29, 1.82) is 0 Å². The van der Waals surface area contributed by atoms with Crippen molar-refractivity contribution < 1.29 is 9.53 Å². The third-order valence-electron chi connectivity index (χ3n) is 2.99. The highest BCUT2D eigenvalue weighted by Crippen LogP contribution is 2.23. The lowest BCUT2D eigenvalue weighted by Crippen LogP contribution is -2.24. The number of hydrogen-bond acceptors (Lipinski definition) is 4. The topological polar surface area (TPSA) is 38.3 Å². The third-order valence-corrected chi connectivity index (χ3v) is 4.00. The second kappa shape index (κ2) is 8.23. The van der Waals surface area contributed by atoms with Gasteiger partial charge in [-0.25, -0.2) is 0 Å². The van der Waals surface area contributed by atoms with Gasteiger partial charge in [0.05, 0.1) is 12.9 Å². The molecule has 19 heavy (non-hydrogen) atoms. The van der Waals surface area contributed by atoms with Gasteiger partial charge >= 0.3 is 5.97 Å². The van der Waals surface area contributed by atoms with Gasteiger partial charge in [0.15, 0.2) is 0 Å². The number of carbonyl (C=O) groups is 1. The van der Waals surface area contributed by atoms with Gasteiger partial charge in [-0.1, -0.05) is 30.7 Å². The number of hydrogen-bond donors (Lipinski definition) is 1. The zero-order valence-electron chi connectivity index (χ0n) is 12.2. The molecule has 0 aliphatic heterocycles. The molecule has 0 aromatic heterocycles. The average Bonchev–Trinajstić information content (AvgIpc) is 2.40. The summed E-state index contributed by atoms with van der Waals surface area (Å²) in [5.74, 6) is 1.11. The number of carbonyl (C=O) groups excluding carboxylic acids is 1. The van der Waals surface area contributed by atoms with Crippen LogP contribution in [0.2, 0.25) is 0 Å². The Hall–Kier alpha value is -1.00. The molecule has 1 rings (SSSR count). The van der Waals surface area contributed by atoms with Crippen LogP contribution in [0, 0.1) is 13.8 Å². The van der Waals surface area contributed by atoms with Gasteiger partial charge in [-0.05, 0) is 31.5 Å². The molecular formula is C15H23NO2S. The predicted molar refractivity (Wildman–Crippen MR) is 81.7 cm³/mol. The van der Waals surface area contributed by atoms with Gasteiger partial charge in [-0.15, -0.1) is 11.8 Å². The highest BCUT2D eigenvalue weighted by Gasteiger charge is 2.14. The van der Waals surface area contributed by atoms with Crippen LogP contribution < -0.4 is 5.32 Å². The van der Waals surface area contributed by atoms with Gasteiger partial charge in [0.25, 0.3) is 0 Å². The monoisotopic (exact) mass is 281 g/mol. The zero-order valence-corrected chi connectivity index (χ0v) is 13.0. The predicted octanol–water partition coefficient (Wildman–Crippen LogP) is 2.86. The summed E-state index contributed by atoms with van der Waals surface area (Å²) < 4.78 is 4.66. The normalized spacial score (nSPS) is 12.2. The van der Waals surface area contributed by atoms with E-state index in [1.54, 1.807) is 11.8 Å². The molecule has 1 aromatic rings. The summed E-state index contributed by atoms with van der Waals surface area (Å²) >= 11 is 1.61. The number of esters is 1. The van der Waals surface area contributed by atoms with Gasteiger partial charge < -0.3 is 10.1 Å². The lowest BCUT2D eigenvalue weighted by molar-refractivity contribution is -0.137. The quantitative estimate of drug-likeness (QED) is 0.780. The Kier molecular flexibility index (Phi) is 6.95. The minimum atomic E-state index is -0.166. The molecule has 0 radical (unpaired) electrons. The first-order valence-electron chi connectivity index (χ1n) is 6.53. The van der Waals surface area contributed by atoms with E-state index in [4.69, 9.17) is 0 Å².